The van der Waals surface area contributed by atoms with Crippen LogP contribution in [0.25, 0.3) is 0 Å². The van der Waals surface area contributed by atoms with Crippen LogP contribution in [0.2, 0.25) is 0 Å². The Balaban J connectivity index is 2.90. The first-order valence-corrected chi connectivity index (χ1v) is 8.35. The van der Waals surface area contributed by atoms with Crippen molar-refractivity contribution < 1.29 is 8.42 Å². The fraction of sp³-hybridized carbons (Fsp3) is 0.571. The molecular formula is C14H23NO2S. The van der Waals surface area contributed by atoms with Gasteiger partial charge >= 0.3 is 0 Å². The lowest BCUT2D eigenvalue weighted by Gasteiger charge is -2.19. The topological polar surface area (TPSA) is 46.2 Å². The summed E-state index contributed by atoms with van der Waals surface area (Å²) in [4.78, 5) is 0. The second-order valence-electron chi connectivity index (χ2n) is 4.92. The van der Waals surface area contributed by atoms with Crippen molar-refractivity contribution in [1.82, 2.24) is 5.32 Å². The third-order valence-electron chi connectivity index (χ3n) is 3.09. The standard InChI is InChI=1S/C14H23NO2S/c1-5-15-13(10-18(4,16)17)9-14-11(2)7-6-8-12(14)3/h6-8,13,15H,5,9-10H2,1-4H3. The van der Waals surface area contributed by atoms with Gasteiger partial charge in [0.15, 0.2) is 0 Å². The third kappa shape index (κ3) is 4.78. The molecule has 1 atom stereocenters. The smallest absolute Gasteiger partial charge is 0.148 e. The van der Waals surface area contributed by atoms with E-state index in [1.165, 1.54) is 22.9 Å². The van der Waals surface area contributed by atoms with Crippen molar-refractivity contribution in [2.75, 3.05) is 18.6 Å². The lowest BCUT2D eigenvalue weighted by molar-refractivity contribution is 0.543. The number of rotatable bonds is 6. The van der Waals surface area contributed by atoms with Crippen LogP contribution in [0.4, 0.5) is 0 Å². The second kappa shape index (κ2) is 6.34. The molecule has 0 fully saturated rings. The molecule has 1 aromatic rings. The van der Waals surface area contributed by atoms with Crippen molar-refractivity contribution in [3.05, 3.63) is 34.9 Å². The number of aryl methyl sites for hydroxylation is 2. The number of benzene rings is 1. The molecule has 0 aromatic heterocycles. The van der Waals surface area contributed by atoms with E-state index in [1.54, 1.807) is 0 Å². The van der Waals surface area contributed by atoms with E-state index in [4.69, 9.17) is 0 Å². The van der Waals surface area contributed by atoms with Gasteiger partial charge in [-0.15, -0.1) is 0 Å². The Morgan fingerprint density at radius 1 is 1.22 bits per heavy atom. The van der Waals surface area contributed by atoms with E-state index in [1.807, 2.05) is 13.0 Å². The summed E-state index contributed by atoms with van der Waals surface area (Å²) in [6.45, 7) is 6.93. The molecule has 1 unspecified atom stereocenters. The van der Waals surface area contributed by atoms with Gasteiger partial charge in [-0.3, -0.25) is 0 Å². The molecule has 1 rings (SSSR count). The van der Waals surface area contributed by atoms with Crippen LogP contribution >= 0.6 is 0 Å². The van der Waals surface area contributed by atoms with Gasteiger partial charge in [-0.2, -0.15) is 0 Å². The number of nitrogens with one attached hydrogen (secondary N) is 1. The van der Waals surface area contributed by atoms with Crippen molar-refractivity contribution in [3.63, 3.8) is 0 Å². The Labute approximate surface area is 111 Å². The Morgan fingerprint density at radius 2 is 1.78 bits per heavy atom. The lowest BCUT2D eigenvalue weighted by Crippen LogP contribution is -2.37. The highest BCUT2D eigenvalue weighted by molar-refractivity contribution is 7.90. The molecule has 1 N–H and O–H groups in total. The Bertz CT molecular complexity index is 474. The van der Waals surface area contributed by atoms with Crippen LogP contribution in [0.3, 0.4) is 0 Å². The lowest BCUT2D eigenvalue weighted by atomic mass is 9.97. The van der Waals surface area contributed by atoms with Gasteiger partial charge < -0.3 is 5.32 Å². The van der Waals surface area contributed by atoms with E-state index in [-0.39, 0.29) is 11.8 Å². The van der Waals surface area contributed by atoms with Gasteiger partial charge in [0.2, 0.25) is 0 Å². The van der Waals surface area contributed by atoms with E-state index in [0.29, 0.717) is 0 Å². The molecule has 18 heavy (non-hydrogen) atoms. The first-order valence-electron chi connectivity index (χ1n) is 6.29. The number of hydrogen-bond acceptors (Lipinski definition) is 3. The largest absolute Gasteiger partial charge is 0.313 e. The molecule has 0 heterocycles. The minimum atomic E-state index is -2.95. The summed E-state index contributed by atoms with van der Waals surface area (Å²) in [5.74, 6) is 0.189. The molecule has 3 nitrogen and oxygen atoms in total. The number of sulfone groups is 1. The summed E-state index contributed by atoms with van der Waals surface area (Å²) in [5, 5.41) is 3.26. The maximum atomic E-state index is 11.4. The predicted molar refractivity (Wildman–Crippen MR) is 76.8 cm³/mol. The van der Waals surface area contributed by atoms with E-state index in [9.17, 15) is 8.42 Å². The van der Waals surface area contributed by atoms with Crippen LogP contribution in [0.15, 0.2) is 18.2 Å². The van der Waals surface area contributed by atoms with Crippen molar-refractivity contribution in [1.29, 1.82) is 0 Å². The van der Waals surface area contributed by atoms with Crippen molar-refractivity contribution in [2.24, 2.45) is 0 Å². The van der Waals surface area contributed by atoms with Gasteiger partial charge in [-0.25, -0.2) is 8.42 Å². The van der Waals surface area contributed by atoms with Gasteiger partial charge in [-0.1, -0.05) is 25.1 Å². The molecule has 0 spiro atoms. The van der Waals surface area contributed by atoms with E-state index in [2.05, 4.69) is 31.3 Å². The SMILES string of the molecule is CCNC(Cc1c(C)cccc1C)CS(C)(=O)=O. The van der Waals surface area contributed by atoms with E-state index < -0.39 is 9.84 Å². The molecule has 0 radical (unpaired) electrons. The summed E-state index contributed by atoms with van der Waals surface area (Å²) < 4.78 is 22.9. The molecule has 0 aliphatic carbocycles. The minimum Gasteiger partial charge on any atom is -0.313 e. The third-order valence-corrected chi connectivity index (χ3v) is 4.10. The quantitative estimate of drug-likeness (QED) is 0.857. The van der Waals surface area contributed by atoms with E-state index >= 15 is 0 Å². The van der Waals surface area contributed by atoms with Crippen LogP contribution in [0.5, 0.6) is 0 Å². The molecule has 0 saturated carbocycles. The molecular weight excluding hydrogens is 246 g/mol. The zero-order chi connectivity index (χ0) is 13.8. The summed E-state index contributed by atoms with van der Waals surface area (Å²) in [6, 6.07) is 6.18. The summed E-state index contributed by atoms with van der Waals surface area (Å²) in [7, 11) is -2.95. The zero-order valence-electron chi connectivity index (χ0n) is 11.7. The van der Waals surface area contributed by atoms with Crippen LogP contribution in [0.1, 0.15) is 23.6 Å². The van der Waals surface area contributed by atoms with Crippen molar-refractivity contribution in [3.8, 4) is 0 Å². The van der Waals surface area contributed by atoms with Gasteiger partial charge in [0, 0.05) is 12.3 Å². The highest BCUT2D eigenvalue weighted by Crippen LogP contribution is 2.16. The van der Waals surface area contributed by atoms with Crippen LogP contribution < -0.4 is 5.32 Å². The van der Waals surface area contributed by atoms with Crippen molar-refractivity contribution in [2.45, 2.75) is 33.2 Å². The molecule has 0 aliphatic rings. The summed E-state index contributed by atoms with van der Waals surface area (Å²) in [6.07, 6.45) is 2.06. The highest BCUT2D eigenvalue weighted by Gasteiger charge is 2.16. The molecule has 0 saturated heterocycles. The Kier molecular flexibility index (Phi) is 5.35. The van der Waals surface area contributed by atoms with Crippen LogP contribution in [-0.4, -0.2) is 33.0 Å². The number of hydrogen-bond donors (Lipinski definition) is 1. The van der Waals surface area contributed by atoms with Crippen LogP contribution in [-0.2, 0) is 16.3 Å². The van der Waals surface area contributed by atoms with Crippen molar-refractivity contribution >= 4 is 9.84 Å². The average Bonchev–Trinajstić information content (AvgIpc) is 2.21. The maximum Gasteiger partial charge on any atom is 0.148 e. The van der Waals surface area contributed by atoms with Crippen LogP contribution in [0, 0.1) is 13.8 Å². The average molecular weight is 269 g/mol. The zero-order valence-corrected chi connectivity index (χ0v) is 12.5. The maximum absolute atomic E-state index is 11.4. The fourth-order valence-electron chi connectivity index (χ4n) is 2.26. The fourth-order valence-corrected chi connectivity index (χ4v) is 3.23. The van der Waals surface area contributed by atoms with Gasteiger partial charge in [0.1, 0.15) is 9.84 Å². The van der Waals surface area contributed by atoms with E-state index in [0.717, 1.165) is 13.0 Å². The molecule has 0 bridgehead atoms. The highest BCUT2D eigenvalue weighted by atomic mass is 32.2. The summed E-state index contributed by atoms with van der Waals surface area (Å²) in [5.41, 5.74) is 3.71. The number of likely N-dealkylation sites (N-methyl/N-ethyl adjacent to an activating group) is 1. The Hall–Kier alpha value is -0.870. The molecule has 4 heteroatoms. The predicted octanol–water partition coefficient (Wildman–Crippen LogP) is 1.87. The molecule has 1 aromatic carbocycles. The first-order chi connectivity index (χ1) is 8.33. The second-order valence-corrected chi connectivity index (χ2v) is 7.11. The van der Waals surface area contributed by atoms with Gasteiger partial charge in [0.25, 0.3) is 0 Å². The molecule has 0 amide bonds. The first kappa shape index (κ1) is 15.2. The minimum absolute atomic E-state index is 0.00944. The Morgan fingerprint density at radius 3 is 2.22 bits per heavy atom. The summed E-state index contributed by atoms with van der Waals surface area (Å²) >= 11 is 0. The van der Waals surface area contributed by atoms with Gasteiger partial charge in [0.05, 0.1) is 5.75 Å². The normalized spacial score (nSPS) is 13.6. The van der Waals surface area contributed by atoms with Gasteiger partial charge in [-0.05, 0) is 43.5 Å². The monoisotopic (exact) mass is 269 g/mol. The molecule has 0 aliphatic heterocycles. The molecule has 102 valence electrons.